The summed E-state index contributed by atoms with van der Waals surface area (Å²) in [4.78, 5) is 15.2. The molecule has 0 aliphatic heterocycles. The molecule has 1 aromatic carbocycles. The zero-order valence-corrected chi connectivity index (χ0v) is 15.8. The number of aliphatic carboxylic acids is 1. The number of nitrogens with zero attached hydrogens (tertiary/aromatic N) is 4. The Morgan fingerprint density at radius 3 is 2.60 bits per heavy atom. The number of thiazole rings is 1. The molecular weight excluding hydrogens is 356 g/mol. The van der Waals surface area contributed by atoms with Gasteiger partial charge < -0.3 is 5.11 Å². The van der Waals surface area contributed by atoms with Crippen molar-refractivity contribution in [3.05, 3.63) is 47.2 Å². The molecule has 0 saturated carbocycles. The van der Waals surface area contributed by atoms with Gasteiger partial charge in [-0.15, -0.1) is 21.5 Å². The van der Waals surface area contributed by atoms with Crippen molar-refractivity contribution < 1.29 is 9.90 Å². The highest BCUT2D eigenvalue weighted by atomic mass is 32.2. The van der Waals surface area contributed by atoms with E-state index in [1.807, 2.05) is 34.9 Å². The van der Waals surface area contributed by atoms with Crippen molar-refractivity contribution in [3.63, 3.8) is 0 Å². The Morgan fingerprint density at radius 1 is 1.24 bits per heavy atom. The summed E-state index contributed by atoms with van der Waals surface area (Å²) in [5.41, 5.74) is 1.38. The van der Waals surface area contributed by atoms with E-state index in [-0.39, 0.29) is 11.8 Å². The maximum Gasteiger partial charge on any atom is 0.309 e. The monoisotopic (exact) mass is 374 g/mol. The van der Waals surface area contributed by atoms with Gasteiger partial charge in [0.25, 0.3) is 0 Å². The lowest BCUT2D eigenvalue weighted by molar-refractivity contribution is -0.136. The van der Waals surface area contributed by atoms with E-state index in [9.17, 15) is 4.79 Å². The van der Waals surface area contributed by atoms with Crippen LogP contribution < -0.4 is 0 Å². The standard InChI is InChI=1S/C17H18N4O2S2/c1-17(2,3)14-19-20-15(21(14)12-7-5-4-6-8-12)25-16-18-11(10-24-16)9-13(22)23/h4-8,10H,9H2,1-3H3,(H,22,23). The number of aromatic nitrogens is 4. The first-order valence-corrected chi connectivity index (χ1v) is 9.39. The molecule has 3 aromatic rings. The lowest BCUT2D eigenvalue weighted by Crippen LogP contribution is -2.18. The molecule has 8 heteroatoms. The molecule has 3 rings (SSSR count). The summed E-state index contributed by atoms with van der Waals surface area (Å²) in [6.45, 7) is 6.29. The van der Waals surface area contributed by atoms with Gasteiger partial charge in [-0.1, -0.05) is 39.0 Å². The molecule has 0 fully saturated rings. The van der Waals surface area contributed by atoms with Crippen molar-refractivity contribution in [1.29, 1.82) is 0 Å². The second kappa shape index (κ2) is 6.97. The molecule has 0 radical (unpaired) electrons. The van der Waals surface area contributed by atoms with Crippen LogP contribution in [0.2, 0.25) is 0 Å². The maximum atomic E-state index is 10.8. The van der Waals surface area contributed by atoms with Gasteiger partial charge in [-0.2, -0.15) is 0 Å². The van der Waals surface area contributed by atoms with E-state index in [2.05, 4.69) is 36.0 Å². The second-order valence-electron chi connectivity index (χ2n) is 6.50. The largest absolute Gasteiger partial charge is 0.481 e. The molecule has 0 aliphatic rings. The second-order valence-corrected chi connectivity index (χ2v) is 8.58. The first-order valence-electron chi connectivity index (χ1n) is 7.70. The van der Waals surface area contributed by atoms with Crippen LogP contribution in [0.25, 0.3) is 5.69 Å². The summed E-state index contributed by atoms with van der Waals surface area (Å²) in [6.07, 6.45) is -0.0737. The van der Waals surface area contributed by atoms with Gasteiger partial charge in [0.1, 0.15) is 5.82 Å². The van der Waals surface area contributed by atoms with Gasteiger partial charge in [0, 0.05) is 16.5 Å². The molecule has 6 nitrogen and oxygen atoms in total. The van der Waals surface area contributed by atoms with Crippen molar-refractivity contribution in [2.45, 2.75) is 42.1 Å². The fraction of sp³-hybridized carbons (Fsp3) is 0.294. The van der Waals surface area contributed by atoms with E-state index < -0.39 is 5.97 Å². The third kappa shape index (κ3) is 4.08. The summed E-state index contributed by atoms with van der Waals surface area (Å²) in [6, 6.07) is 9.95. The molecule has 0 unspecified atom stereocenters. The minimum absolute atomic E-state index is 0.0737. The Kier molecular flexibility index (Phi) is 4.91. The Balaban J connectivity index is 1.98. The number of benzene rings is 1. The Hall–Kier alpha value is -2.19. The Morgan fingerprint density at radius 2 is 1.96 bits per heavy atom. The van der Waals surface area contributed by atoms with Crippen LogP contribution in [0.4, 0.5) is 0 Å². The van der Waals surface area contributed by atoms with Crippen LogP contribution in [0.1, 0.15) is 32.3 Å². The smallest absolute Gasteiger partial charge is 0.309 e. The highest BCUT2D eigenvalue weighted by Gasteiger charge is 2.25. The number of para-hydroxylation sites is 1. The van der Waals surface area contributed by atoms with Crippen LogP contribution in [-0.4, -0.2) is 30.8 Å². The van der Waals surface area contributed by atoms with E-state index in [1.165, 1.54) is 23.1 Å². The molecule has 0 aliphatic carbocycles. The molecule has 2 aromatic heterocycles. The lowest BCUT2D eigenvalue weighted by Gasteiger charge is -2.19. The van der Waals surface area contributed by atoms with Gasteiger partial charge in [0.2, 0.25) is 5.16 Å². The number of carboxylic acids is 1. The molecule has 0 atom stereocenters. The highest BCUT2D eigenvalue weighted by Crippen LogP contribution is 2.34. The third-order valence-electron chi connectivity index (χ3n) is 3.36. The average molecular weight is 374 g/mol. The van der Waals surface area contributed by atoms with E-state index in [4.69, 9.17) is 5.11 Å². The van der Waals surface area contributed by atoms with Gasteiger partial charge in [-0.25, -0.2) is 4.98 Å². The number of carboxylic acid groups (broad SMARTS) is 1. The van der Waals surface area contributed by atoms with Crippen LogP contribution in [0.3, 0.4) is 0 Å². The predicted octanol–water partition coefficient (Wildman–Crippen LogP) is 3.80. The van der Waals surface area contributed by atoms with E-state index in [1.54, 1.807) is 5.38 Å². The number of hydrogen-bond acceptors (Lipinski definition) is 6. The molecule has 130 valence electrons. The summed E-state index contributed by atoms with van der Waals surface area (Å²) < 4.78 is 2.78. The van der Waals surface area contributed by atoms with E-state index >= 15 is 0 Å². The zero-order chi connectivity index (χ0) is 18.0. The highest BCUT2D eigenvalue weighted by molar-refractivity contribution is 8.00. The third-order valence-corrected chi connectivity index (χ3v) is 5.29. The van der Waals surface area contributed by atoms with Crippen molar-refractivity contribution in [2.75, 3.05) is 0 Å². The van der Waals surface area contributed by atoms with Gasteiger partial charge in [0.05, 0.1) is 12.1 Å². The minimum atomic E-state index is -0.885. The molecule has 0 bridgehead atoms. The van der Waals surface area contributed by atoms with Crippen LogP contribution in [0, 0.1) is 0 Å². The molecule has 2 heterocycles. The minimum Gasteiger partial charge on any atom is -0.481 e. The Bertz CT molecular complexity index is 882. The first-order chi connectivity index (χ1) is 11.8. The van der Waals surface area contributed by atoms with E-state index in [0.717, 1.165) is 15.9 Å². The first kappa shape index (κ1) is 17.6. The zero-order valence-electron chi connectivity index (χ0n) is 14.1. The van der Waals surface area contributed by atoms with Crippen LogP contribution in [-0.2, 0) is 16.6 Å². The van der Waals surface area contributed by atoms with Crippen molar-refractivity contribution in [2.24, 2.45) is 0 Å². The molecule has 25 heavy (non-hydrogen) atoms. The SMILES string of the molecule is CC(C)(C)c1nnc(Sc2nc(CC(=O)O)cs2)n1-c1ccccc1. The molecule has 0 saturated heterocycles. The number of hydrogen-bond donors (Lipinski definition) is 1. The van der Waals surface area contributed by atoms with Crippen molar-refractivity contribution >= 4 is 29.1 Å². The average Bonchev–Trinajstić information content (AvgIpc) is 3.14. The fourth-order valence-electron chi connectivity index (χ4n) is 2.28. The van der Waals surface area contributed by atoms with Gasteiger partial charge in [-0.05, 0) is 23.9 Å². The maximum absolute atomic E-state index is 10.8. The summed E-state index contributed by atoms with van der Waals surface area (Å²) in [5.74, 6) is -0.0205. The van der Waals surface area contributed by atoms with Gasteiger partial charge >= 0.3 is 5.97 Å². The van der Waals surface area contributed by atoms with Gasteiger partial charge in [0.15, 0.2) is 4.34 Å². The summed E-state index contributed by atoms with van der Waals surface area (Å²) >= 11 is 2.81. The van der Waals surface area contributed by atoms with Gasteiger partial charge in [-0.3, -0.25) is 9.36 Å². The van der Waals surface area contributed by atoms with Crippen molar-refractivity contribution in [1.82, 2.24) is 19.7 Å². The molecule has 0 spiro atoms. The van der Waals surface area contributed by atoms with Crippen LogP contribution in [0.15, 0.2) is 45.2 Å². The Labute approximate surface area is 154 Å². The molecule has 1 N–H and O–H groups in total. The van der Waals surface area contributed by atoms with Crippen LogP contribution >= 0.6 is 23.1 Å². The predicted molar refractivity (Wildman–Crippen MR) is 97.6 cm³/mol. The quantitative estimate of drug-likeness (QED) is 0.732. The lowest BCUT2D eigenvalue weighted by atomic mass is 9.95. The fourth-order valence-corrected chi connectivity index (χ4v) is 4.07. The van der Waals surface area contributed by atoms with Crippen LogP contribution in [0.5, 0.6) is 0 Å². The normalized spacial score (nSPS) is 11.6. The number of carbonyl (C=O) groups is 1. The molecule has 0 amide bonds. The molecular formula is C17H18N4O2S2. The van der Waals surface area contributed by atoms with E-state index in [0.29, 0.717) is 10.9 Å². The summed E-state index contributed by atoms with van der Waals surface area (Å²) in [7, 11) is 0. The summed E-state index contributed by atoms with van der Waals surface area (Å²) in [5, 5.41) is 20.1. The van der Waals surface area contributed by atoms with Crippen molar-refractivity contribution in [3.8, 4) is 5.69 Å². The number of rotatable bonds is 5. The topological polar surface area (TPSA) is 80.9 Å².